The molecule has 2 atom stereocenters. The fraction of sp³-hybridized carbons (Fsp3) is 0.562. The summed E-state index contributed by atoms with van der Waals surface area (Å²) in [6.07, 6.45) is 1.52. The lowest BCUT2D eigenvalue weighted by Gasteiger charge is -2.19. The Balaban J connectivity index is 2.46. The first-order valence-corrected chi connectivity index (χ1v) is 7.07. The minimum atomic E-state index is 0.0474. The van der Waals surface area contributed by atoms with E-state index in [1.807, 2.05) is 37.3 Å². The first-order valence-electron chi connectivity index (χ1n) is 7.07. The molecule has 1 rings (SSSR count). The van der Waals surface area contributed by atoms with Gasteiger partial charge < -0.3 is 11.1 Å². The first-order chi connectivity index (χ1) is 9.02. The molecule has 0 fully saturated rings. The average Bonchev–Trinajstić information content (AvgIpc) is 2.38. The monoisotopic (exact) mass is 262 g/mol. The van der Waals surface area contributed by atoms with Gasteiger partial charge in [-0.1, -0.05) is 44.2 Å². The number of amides is 1. The second kappa shape index (κ2) is 7.95. The number of carbonyl (C=O) groups is 1. The number of nitrogens with two attached hydrogens (primary N) is 1. The number of carbonyl (C=O) groups excluding carboxylic acids is 1. The number of benzene rings is 1. The van der Waals surface area contributed by atoms with Crippen LogP contribution < -0.4 is 11.1 Å². The van der Waals surface area contributed by atoms with Crippen molar-refractivity contribution in [2.75, 3.05) is 6.54 Å². The number of nitrogens with one attached hydrogen (secondary N) is 1. The Labute approximate surface area is 116 Å². The summed E-state index contributed by atoms with van der Waals surface area (Å²) >= 11 is 0. The maximum Gasteiger partial charge on any atom is 0.220 e. The fourth-order valence-corrected chi connectivity index (χ4v) is 2.32. The van der Waals surface area contributed by atoms with Crippen molar-refractivity contribution < 1.29 is 4.79 Å². The lowest BCUT2D eigenvalue weighted by Crippen LogP contribution is -2.30. The van der Waals surface area contributed by atoms with Crippen molar-refractivity contribution in [2.45, 2.75) is 39.7 Å². The van der Waals surface area contributed by atoms with Crippen LogP contribution in [0.1, 0.15) is 45.2 Å². The van der Waals surface area contributed by atoms with E-state index in [1.54, 1.807) is 0 Å². The minimum Gasteiger partial charge on any atom is -0.350 e. The Morgan fingerprint density at radius 2 is 1.84 bits per heavy atom. The average molecular weight is 262 g/mol. The molecule has 106 valence electrons. The molecule has 0 heterocycles. The Kier molecular flexibility index (Phi) is 6.57. The molecule has 0 aromatic heterocycles. The molecule has 0 aliphatic rings. The fourth-order valence-electron chi connectivity index (χ4n) is 2.32. The van der Waals surface area contributed by atoms with Crippen LogP contribution in [0.3, 0.4) is 0 Å². The third-order valence-corrected chi connectivity index (χ3v) is 3.29. The van der Waals surface area contributed by atoms with Crippen molar-refractivity contribution in [1.82, 2.24) is 5.32 Å². The highest BCUT2D eigenvalue weighted by Crippen LogP contribution is 2.16. The molecule has 19 heavy (non-hydrogen) atoms. The molecule has 0 radical (unpaired) electrons. The highest BCUT2D eigenvalue weighted by atomic mass is 16.1. The second-order valence-electron chi connectivity index (χ2n) is 5.64. The van der Waals surface area contributed by atoms with E-state index in [9.17, 15) is 4.79 Å². The van der Waals surface area contributed by atoms with Crippen molar-refractivity contribution >= 4 is 5.91 Å². The highest BCUT2D eigenvalue weighted by Gasteiger charge is 2.16. The molecule has 3 nitrogen and oxygen atoms in total. The van der Waals surface area contributed by atoms with Gasteiger partial charge >= 0.3 is 0 Å². The molecule has 0 saturated carbocycles. The van der Waals surface area contributed by atoms with E-state index in [-0.39, 0.29) is 17.9 Å². The van der Waals surface area contributed by atoms with Crippen LogP contribution in [0.4, 0.5) is 0 Å². The summed E-state index contributed by atoms with van der Waals surface area (Å²) in [7, 11) is 0. The van der Waals surface area contributed by atoms with Crippen LogP contribution in [0.2, 0.25) is 0 Å². The molecule has 0 aliphatic carbocycles. The molecule has 1 amide bonds. The van der Waals surface area contributed by atoms with Gasteiger partial charge in [-0.25, -0.2) is 0 Å². The molecule has 1 unspecified atom stereocenters. The van der Waals surface area contributed by atoms with Gasteiger partial charge in [0.1, 0.15) is 0 Å². The third kappa shape index (κ3) is 5.88. The van der Waals surface area contributed by atoms with E-state index >= 15 is 0 Å². The van der Waals surface area contributed by atoms with Crippen molar-refractivity contribution in [2.24, 2.45) is 17.6 Å². The maximum absolute atomic E-state index is 12.0. The number of rotatable bonds is 7. The van der Waals surface area contributed by atoms with E-state index in [2.05, 4.69) is 19.2 Å². The van der Waals surface area contributed by atoms with Gasteiger partial charge in [-0.2, -0.15) is 0 Å². The molecule has 0 spiro atoms. The van der Waals surface area contributed by atoms with Crippen LogP contribution in [0.25, 0.3) is 0 Å². The van der Waals surface area contributed by atoms with Crippen LogP contribution in [-0.2, 0) is 4.79 Å². The Morgan fingerprint density at radius 1 is 1.21 bits per heavy atom. The lowest BCUT2D eigenvalue weighted by molar-refractivity contribution is -0.122. The van der Waals surface area contributed by atoms with Crippen molar-refractivity contribution in [1.29, 1.82) is 0 Å². The molecular weight excluding hydrogens is 236 g/mol. The summed E-state index contributed by atoms with van der Waals surface area (Å²) in [5.74, 6) is 0.948. The highest BCUT2D eigenvalue weighted by molar-refractivity contribution is 5.76. The molecule has 1 aromatic rings. The zero-order valence-electron chi connectivity index (χ0n) is 12.2. The van der Waals surface area contributed by atoms with Crippen LogP contribution in [0, 0.1) is 11.8 Å². The summed E-state index contributed by atoms with van der Waals surface area (Å²) < 4.78 is 0. The van der Waals surface area contributed by atoms with Crippen LogP contribution in [-0.4, -0.2) is 12.5 Å². The molecule has 3 N–H and O–H groups in total. The maximum atomic E-state index is 12.0. The molecule has 0 saturated heterocycles. The number of hydrogen-bond donors (Lipinski definition) is 2. The van der Waals surface area contributed by atoms with Crippen molar-refractivity contribution in [3.63, 3.8) is 0 Å². The van der Waals surface area contributed by atoms with Gasteiger partial charge in [0, 0.05) is 6.42 Å². The van der Waals surface area contributed by atoms with Gasteiger partial charge in [-0.3, -0.25) is 4.79 Å². The molecule has 3 heteroatoms. The van der Waals surface area contributed by atoms with Gasteiger partial charge in [0.2, 0.25) is 5.91 Å². The number of hydrogen-bond acceptors (Lipinski definition) is 2. The quantitative estimate of drug-likeness (QED) is 0.794. The zero-order chi connectivity index (χ0) is 14.3. The minimum absolute atomic E-state index is 0.0474. The molecular formula is C16H26N2O. The van der Waals surface area contributed by atoms with E-state index in [4.69, 9.17) is 5.73 Å². The van der Waals surface area contributed by atoms with Crippen molar-refractivity contribution in [3.05, 3.63) is 35.9 Å². The first kappa shape index (κ1) is 15.7. The predicted molar refractivity (Wildman–Crippen MR) is 79.6 cm³/mol. The van der Waals surface area contributed by atoms with E-state index in [1.165, 1.54) is 0 Å². The zero-order valence-corrected chi connectivity index (χ0v) is 12.2. The third-order valence-electron chi connectivity index (χ3n) is 3.29. The topological polar surface area (TPSA) is 55.1 Å². The van der Waals surface area contributed by atoms with Gasteiger partial charge in [0.15, 0.2) is 0 Å². The lowest BCUT2D eigenvalue weighted by atomic mass is 9.94. The molecule has 1 aromatic carbocycles. The largest absolute Gasteiger partial charge is 0.350 e. The summed E-state index contributed by atoms with van der Waals surface area (Å²) in [6, 6.07) is 10.1. The molecule has 0 bridgehead atoms. The van der Waals surface area contributed by atoms with Gasteiger partial charge in [0.25, 0.3) is 0 Å². The Hall–Kier alpha value is -1.35. The smallest absolute Gasteiger partial charge is 0.220 e. The van der Waals surface area contributed by atoms with Gasteiger partial charge in [-0.15, -0.1) is 0 Å². The summed E-state index contributed by atoms with van der Waals surface area (Å²) in [5, 5.41) is 3.04. The molecule has 0 aliphatic heterocycles. The summed E-state index contributed by atoms with van der Waals surface area (Å²) in [6.45, 7) is 6.90. The summed E-state index contributed by atoms with van der Waals surface area (Å²) in [5.41, 5.74) is 6.86. The predicted octanol–water partition coefficient (Wildman–Crippen LogP) is 2.87. The standard InChI is InChI=1S/C16H26N2O/c1-12(2)9-14(11-17)10-16(19)18-13(3)15-7-5-4-6-8-15/h4-8,12-14H,9-11,17H2,1-3H3,(H,18,19)/t13-,14?/m0/s1. The normalized spacial score (nSPS) is 14.2. The van der Waals surface area contributed by atoms with Crippen molar-refractivity contribution in [3.8, 4) is 0 Å². The second-order valence-corrected chi connectivity index (χ2v) is 5.64. The SMILES string of the molecule is CC(C)CC(CN)CC(=O)N[C@@H](C)c1ccccc1. The van der Waals surface area contributed by atoms with E-state index in [0.29, 0.717) is 18.9 Å². The van der Waals surface area contributed by atoms with E-state index in [0.717, 1.165) is 12.0 Å². The van der Waals surface area contributed by atoms with Crippen LogP contribution in [0.5, 0.6) is 0 Å². The van der Waals surface area contributed by atoms with E-state index < -0.39 is 0 Å². The Morgan fingerprint density at radius 3 is 2.37 bits per heavy atom. The van der Waals surface area contributed by atoms with Crippen LogP contribution >= 0.6 is 0 Å². The van der Waals surface area contributed by atoms with Gasteiger partial charge in [-0.05, 0) is 37.3 Å². The van der Waals surface area contributed by atoms with Gasteiger partial charge in [0.05, 0.1) is 6.04 Å². The van der Waals surface area contributed by atoms with Crippen LogP contribution in [0.15, 0.2) is 30.3 Å². The Bertz CT molecular complexity index is 376. The summed E-state index contributed by atoms with van der Waals surface area (Å²) in [4.78, 5) is 12.0.